The number of hydrogen-bond acceptors (Lipinski definition) is 3. The van der Waals surface area contributed by atoms with Crippen LogP contribution in [0, 0.1) is 11.6 Å². The van der Waals surface area contributed by atoms with Crippen molar-refractivity contribution < 1.29 is 18.1 Å². The molecule has 7 heteroatoms. The Hall–Kier alpha value is -1.95. The Balaban J connectivity index is 1.90. The average Bonchev–Trinajstić information content (AvgIpc) is 3.18. The van der Waals surface area contributed by atoms with Crippen molar-refractivity contribution in [2.45, 2.75) is 32.2 Å². The van der Waals surface area contributed by atoms with Crippen LogP contribution < -0.4 is 0 Å². The molecule has 1 fully saturated rings. The number of carbonyl (C=O) groups is 1. The minimum Gasteiger partial charge on any atom is -0.359 e. The zero-order chi connectivity index (χ0) is 16.6. The van der Waals surface area contributed by atoms with Crippen LogP contribution in [0.2, 0.25) is 5.02 Å². The quantitative estimate of drug-likeness (QED) is 0.789. The molecule has 1 aromatic heterocycles. The van der Waals surface area contributed by atoms with Gasteiger partial charge in [-0.25, -0.2) is 8.78 Å². The van der Waals surface area contributed by atoms with E-state index < -0.39 is 17.5 Å². The van der Waals surface area contributed by atoms with Crippen molar-refractivity contribution in [3.63, 3.8) is 0 Å². The summed E-state index contributed by atoms with van der Waals surface area (Å²) < 4.78 is 31.9. The minimum atomic E-state index is -1.10. The Bertz CT molecular complexity index is 748. The maximum Gasteiger partial charge on any atom is 0.256 e. The van der Waals surface area contributed by atoms with E-state index in [2.05, 4.69) is 5.16 Å². The van der Waals surface area contributed by atoms with E-state index in [9.17, 15) is 13.6 Å². The Morgan fingerprint density at radius 3 is 2.83 bits per heavy atom. The summed E-state index contributed by atoms with van der Waals surface area (Å²) in [6.07, 6.45) is 2.25. The smallest absolute Gasteiger partial charge is 0.256 e. The summed E-state index contributed by atoms with van der Waals surface area (Å²) in [5.41, 5.74) is 0.762. The fraction of sp³-hybridized carbons (Fsp3) is 0.375. The van der Waals surface area contributed by atoms with E-state index in [0.717, 1.165) is 37.1 Å². The van der Waals surface area contributed by atoms with Gasteiger partial charge in [0.2, 0.25) is 0 Å². The second-order valence-corrected chi connectivity index (χ2v) is 5.88. The Morgan fingerprint density at radius 2 is 2.13 bits per heavy atom. The number of benzene rings is 1. The molecule has 1 amide bonds. The van der Waals surface area contributed by atoms with Crippen LogP contribution in [0.5, 0.6) is 0 Å². The molecule has 23 heavy (non-hydrogen) atoms. The van der Waals surface area contributed by atoms with E-state index in [1.807, 2.05) is 13.0 Å². The molecule has 1 unspecified atom stereocenters. The molecule has 0 spiro atoms. The van der Waals surface area contributed by atoms with E-state index in [1.54, 1.807) is 4.90 Å². The van der Waals surface area contributed by atoms with Crippen LogP contribution in [-0.2, 0) is 6.42 Å². The second kappa shape index (κ2) is 6.28. The lowest BCUT2D eigenvalue weighted by Crippen LogP contribution is -2.30. The molecule has 1 aromatic carbocycles. The highest BCUT2D eigenvalue weighted by molar-refractivity contribution is 6.33. The van der Waals surface area contributed by atoms with Crippen molar-refractivity contribution in [1.29, 1.82) is 0 Å². The lowest BCUT2D eigenvalue weighted by molar-refractivity contribution is 0.0714. The molecule has 1 aliphatic rings. The number of rotatable bonds is 3. The Morgan fingerprint density at radius 1 is 1.39 bits per heavy atom. The van der Waals surface area contributed by atoms with Crippen molar-refractivity contribution in [3.8, 4) is 0 Å². The summed E-state index contributed by atoms with van der Waals surface area (Å²) in [5.74, 6) is -2.01. The number of aryl methyl sites for hydroxylation is 1. The predicted molar refractivity (Wildman–Crippen MR) is 80.3 cm³/mol. The molecule has 2 aromatic rings. The molecule has 1 saturated heterocycles. The van der Waals surface area contributed by atoms with Gasteiger partial charge in [-0.3, -0.25) is 4.79 Å². The number of nitrogens with zero attached hydrogens (tertiary/aromatic N) is 2. The second-order valence-electron chi connectivity index (χ2n) is 5.48. The summed E-state index contributed by atoms with van der Waals surface area (Å²) in [5, 5.41) is 3.84. The first-order valence-electron chi connectivity index (χ1n) is 7.42. The van der Waals surface area contributed by atoms with E-state index in [1.165, 1.54) is 0 Å². The van der Waals surface area contributed by atoms with Gasteiger partial charge in [-0.2, -0.15) is 0 Å². The molecule has 3 rings (SSSR count). The maximum absolute atomic E-state index is 13.4. The van der Waals surface area contributed by atoms with Gasteiger partial charge < -0.3 is 9.42 Å². The molecular weight excluding hydrogens is 326 g/mol. The summed E-state index contributed by atoms with van der Waals surface area (Å²) in [4.78, 5) is 14.2. The molecular formula is C16H15ClF2N2O2. The minimum absolute atomic E-state index is 0.0484. The molecule has 122 valence electrons. The van der Waals surface area contributed by atoms with Gasteiger partial charge in [0.15, 0.2) is 17.4 Å². The van der Waals surface area contributed by atoms with Gasteiger partial charge >= 0.3 is 0 Å². The van der Waals surface area contributed by atoms with Gasteiger partial charge in [-0.15, -0.1) is 0 Å². The van der Waals surface area contributed by atoms with Crippen LogP contribution in [0.3, 0.4) is 0 Å². The summed E-state index contributed by atoms with van der Waals surface area (Å²) in [6, 6.07) is 3.22. The van der Waals surface area contributed by atoms with E-state index >= 15 is 0 Å². The summed E-state index contributed by atoms with van der Waals surface area (Å²) in [7, 11) is 0. The molecule has 0 saturated carbocycles. The molecule has 4 nitrogen and oxygen atoms in total. The Kier molecular flexibility index (Phi) is 4.35. The maximum atomic E-state index is 13.4. The largest absolute Gasteiger partial charge is 0.359 e. The third kappa shape index (κ3) is 2.95. The van der Waals surface area contributed by atoms with Gasteiger partial charge in [-0.05, 0) is 31.4 Å². The van der Waals surface area contributed by atoms with E-state index in [4.69, 9.17) is 16.1 Å². The standard InChI is InChI=1S/C16H15ClF2N2O2/c1-2-9-6-15(23-20-9)14-4-3-5-21(14)16(22)10-7-12(18)13(19)8-11(10)17/h6-8,14H,2-5H2,1H3. The molecule has 2 heterocycles. The Labute approximate surface area is 137 Å². The van der Waals surface area contributed by atoms with Crippen molar-refractivity contribution in [1.82, 2.24) is 10.1 Å². The number of likely N-dealkylation sites (tertiary alicyclic amines) is 1. The van der Waals surface area contributed by atoms with Gasteiger partial charge in [-0.1, -0.05) is 23.7 Å². The number of hydrogen-bond donors (Lipinski definition) is 0. The molecule has 1 aliphatic heterocycles. The normalized spacial score (nSPS) is 17.7. The third-order valence-corrected chi connectivity index (χ3v) is 4.33. The zero-order valence-corrected chi connectivity index (χ0v) is 13.2. The van der Waals surface area contributed by atoms with Gasteiger partial charge in [0.25, 0.3) is 5.91 Å². The van der Waals surface area contributed by atoms with Crippen LogP contribution in [0.4, 0.5) is 8.78 Å². The van der Waals surface area contributed by atoms with Gasteiger partial charge in [0.1, 0.15) is 0 Å². The average molecular weight is 341 g/mol. The number of carbonyl (C=O) groups excluding carboxylic acids is 1. The first-order valence-corrected chi connectivity index (χ1v) is 7.80. The number of aromatic nitrogens is 1. The van der Waals surface area contributed by atoms with Crippen LogP contribution in [0.15, 0.2) is 22.7 Å². The number of halogens is 3. The third-order valence-electron chi connectivity index (χ3n) is 4.02. The van der Waals surface area contributed by atoms with Crippen LogP contribution >= 0.6 is 11.6 Å². The molecule has 0 N–H and O–H groups in total. The topological polar surface area (TPSA) is 46.3 Å². The molecule has 0 aliphatic carbocycles. The summed E-state index contributed by atoms with van der Waals surface area (Å²) >= 11 is 5.91. The summed E-state index contributed by atoms with van der Waals surface area (Å²) in [6.45, 7) is 2.46. The molecule has 0 radical (unpaired) electrons. The van der Waals surface area contributed by atoms with E-state index in [-0.39, 0.29) is 16.6 Å². The number of amides is 1. The molecule has 1 atom stereocenters. The highest BCUT2D eigenvalue weighted by Gasteiger charge is 2.34. The van der Waals surface area contributed by atoms with Crippen molar-refractivity contribution in [2.24, 2.45) is 0 Å². The van der Waals surface area contributed by atoms with E-state index in [0.29, 0.717) is 12.3 Å². The molecule has 0 bridgehead atoms. The van der Waals surface area contributed by atoms with Crippen molar-refractivity contribution >= 4 is 17.5 Å². The van der Waals surface area contributed by atoms with Crippen LogP contribution in [0.1, 0.15) is 47.6 Å². The highest BCUT2D eigenvalue weighted by atomic mass is 35.5. The zero-order valence-electron chi connectivity index (χ0n) is 12.5. The monoisotopic (exact) mass is 340 g/mol. The highest BCUT2D eigenvalue weighted by Crippen LogP contribution is 2.34. The predicted octanol–water partition coefficient (Wildman–Crippen LogP) is 4.15. The first kappa shape index (κ1) is 15.9. The van der Waals surface area contributed by atoms with Gasteiger partial charge in [0, 0.05) is 12.6 Å². The SMILES string of the molecule is CCc1cc(C2CCCN2C(=O)c2cc(F)c(F)cc2Cl)on1. The van der Waals surface area contributed by atoms with Crippen LogP contribution in [-0.4, -0.2) is 22.5 Å². The van der Waals surface area contributed by atoms with Gasteiger partial charge in [0.05, 0.1) is 22.3 Å². The lowest BCUT2D eigenvalue weighted by atomic mass is 10.1. The fourth-order valence-electron chi connectivity index (χ4n) is 2.80. The van der Waals surface area contributed by atoms with Crippen molar-refractivity contribution in [3.05, 3.63) is 51.9 Å². The van der Waals surface area contributed by atoms with Crippen molar-refractivity contribution in [2.75, 3.05) is 6.54 Å². The lowest BCUT2D eigenvalue weighted by Gasteiger charge is -2.23. The first-order chi connectivity index (χ1) is 11.0. The van der Waals surface area contributed by atoms with Crippen LogP contribution in [0.25, 0.3) is 0 Å². The fourth-order valence-corrected chi connectivity index (χ4v) is 3.03.